The molecule has 118 valence electrons. The second kappa shape index (κ2) is 7.93. The van der Waals surface area contributed by atoms with Gasteiger partial charge in [-0.25, -0.2) is 0 Å². The molecule has 0 aromatic heterocycles. The van der Waals surface area contributed by atoms with Crippen molar-refractivity contribution in [1.29, 1.82) is 0 Å². The van der Waals surface area contributed by atoms with Crippen molar-refractivity contribution in [3.63, 3.8) is 0 Å². The highest BCUT2D eigenvalue weighted by Crippen LogP contribution is 2.45. The first-order chi connectivity index (χ1) is 9.62. The molecule has 2 aliphatic rings. The number of piperidine rings is 2. The predicted molar refractivity (Wildman–Crippen MR) is 82.3 cm³/mol. The Labute approximate surface area is 123 Å². The number of nitrogens with zero attached hydrogens (tertiary/aromatic N) is 1. The summed E-state index contributed by atoms with van der Waals surface area (Å²) >= 11 is 0. The molecular weight excluding hydrogens is 273 g/mol. The third kappa shape index (κ3) is 4.84. The second-order valence-corrected chi connectivity index (χ2v) is 8.31. The summed E-state index contributed by atoms with van der Waals surface area (Å²) < 4.78 is 23.3. The van der Waals surface area contributed by atoms with Crippen LogP contribution in [0.25, 0.3) is 0 Å². The van der Waals surface area contributed by atoms with E-state index in [9.17, 15) is 4.57 Å². The van der Waals surface area contributed by atoms with E-state index in [1.807, 2.05) is 0 Å². The Hall–Kier alpha value is 0.110. The second-order valence-electron chi connectivity index (χ2n) is 6.26. The van der Waals surface area contributed by atoms with E-state index < -0.39 is 7.60 Å². The zero-order valence-corrected chi connectivity index (χ0v) is 13.9. The van der Waals surface area contributed by atoms with Crippen molar-refractivity contribution in [2.45, 2.75) is 57.9 Å². The molecular formula is C15H30NO3P. The highest BCUT2D eigenvalue weighted by molar-refractivity contribution is 7.52. The summed E-state index contributed by atoms with van der Waals surface area (Å²) in [6.07, 6.45) is 8.38. The van der Waals surface area contributed by atoms with E-state index in [1.54, 1.807) is 6.66 Å². The van der Waals surface area contributed by atoms with Crippen molar-refractivity contribution in [3.05, 3.63) is 0 Å². The van der Waals surface area contributed by atoms with E-state index in [1.165, 1.54) is 45.2 Å². The van der Waals surface area contributed by atoms with Gasteiger partial charge in [-0.15, -0.1) is 0 Å². The summed E-state index contributed by atoms with van der Waals surface area (Å²) in [4.78, 5) is 2.61. The van der Waals surface area contributed by atoms with Crippen molar-refractivity contribution in [2.24, 2.45) is 5.92 Å². The Morgan fingerprint density at radius 1 is 1.15 bits per heavy atom. The molecule has 0 bridgehead atoms. The van der Waals surface area contributed by atoms with E-state index in [0.29, 0.717) is 25.2 Å². The molecule has 0 saturated carbocycles. The standard InChI is InChI=1S/C15H30NO3P/c1-3-4-12-18-20(2,17)19-13-14-8-7-11-16-10-6-5-9-15(14)16/h14-15H,3-13H2,1-2H3/t14-,15+,20+/m0/s1. The summed E-state index contributed by atoms with van der Waals surface area (Å²) in [6, 6.07) is 0.646. The molecule has 4 nitrogen and oxygen atoms in total. The van der Waals surface area contributed by atoms with Gasteiger partial charge in [-0.3, -0.25) is 4.57 Å². The fourth-order valence-corrected chi connectivity index (χ4v) is 4.41. The van der Waals surface area contributed by atoms with Crippen LogP contribution in [-0.2, 0) is 13.6 Å². The number of unbranched alkanes of at least 4 members (excludes halogenated alkanes) is 1. The maximum atomic E-state index is 12.2. The van der Waals surface area contributed by atoms with Crippen molar-refractivity contribution < 1.29 is 13.6 Å². The first-order valence-corrected chi connectivity index (χ1v) is 10.2. The predicted octanol–water partition coefficient (Wildman–Crippen LogP) is 3.91. The van der Waals surface area contributed by atoms with Crippen molar-refractivity contribution >= 4 is 7.60 Å². The minimum absolute atomic E-state index is 0.534. The van der Waals surface area contributed by atoms with Gasteiger partial charge in [0.1, 0.15) is 0 Å². The Morgan fingerprint density at radius 3 is 2.75 bits per heavy atom. The molecule has 0 N–H and O–H groups in total. The highest BCUT2D eigenvalue weighted by atomic mass is 31.2. The van der Waals surface area contributed by atoms with Crippen LogP contribution < -0.4 is 0 Å². The third-order valence-corrected chi connectivity index (χ3v) is 5.85. The molecule has 3 atom stereocenters. The normalized spacial score (nSPS) is 30.7. The van der Waals surface area contributed by atoms with Gasteiger partial charge in [0.25, 0.3) is 0 Å². The fourth-order valence-electron chi connectivity index (χ4n) is 3.41. The van der Waals surface area contributed by atoms with Crippen LogP contribution in [0.4, 0.5) is 0 Å². The van der Waals surface area contributed by atoms with Gasteiger partial charge in [0.2, 0.25) is 0 Å². The number of fused-ring (bicyclic) bond motifs is 1. The molecule has 2 saturated heterocycles. The molecule has 0 spiro atoms. The maximum Gasteiger partial charge on any atom is 0.327 e. The molecule has 2 rings (SSSR count). The minimum atomic E-state index is -2.85. The number of rotatable bonds is 7. The molecule has 0 unspecified atom stereocenters. The Balaban J connectivity index is 1.78. The van der Waals surface area contributed by atoms with Gasteiger partial charge < -0.3 is 13.9 Å². The molecule has 20 heavy (non-hydrogen) atoms. The summed E-state index contributed by atoms with van der Waals surface area (Å²) in [6.45, 7) is 7.33. The SMILES string of the molecule is CCCCO[P@@](C)(=O)OC[C@@H]1CCCN2CCCC[C@H]12. The molecule has 0 radical (unpaired) electrons. The molecule has 5 heteroatoms. The minimum Gasteiger partial charge on any atom is -0.309 e. The molecule has 2 aliphatic heterocycles. The fraction of sp³-hybridized carbons (Fsp3) is 1.00. The van der Waals surface area contributed by atoms with Gasteiger partial charge in [-0.05, 0) is 51.1 Å². The van der Waals surface area contributed by atoms with E-state index in [2.05, 4.69) is 11.8 Å². The lowest BCUT2D eigenvalue weighted by Gasteiger charge is -2.44. The van der Waals surface area contributed by atoms with Crippen molar-refractivity contribution in [3.8, 4) is 0 Å². The van der Waals surface area contributed by atoms with Gasteiger partial charge in [-0.1, -0.05) is 19.8 Å². The number of hydrogen-bond donors (Lipinski definition) is 0. The quantitative estimate of drug-likeness (QED) is 0.528. The first-order valence-electron chi connectivity index (χ1n) is 8.23. The van der Waals surface area contributed by atoms with Crippen LogP contribution in [0.2, 0.25) is 0 Å². The first kappa shape index (κ1) is 16.5. The largest absolute Gasteiger partial charge is 0.327 e. The van der Waals surface area contributed by atoms with Gasteiger partial charge >= 0.3 is 7.60 Å². The van der Waals surface area contributed by atoms with E-state index in [-0.39, 0.29) is 0 Å². The topological polar surface area (TPSA) is 38.8 Å². The highest BCUT2D eigenvalue weighted by Gasteiger charge is 2.34. The van der Waals surface area contributed by atoms with Crippen LogP contribution in [0.15, 0.2) is 0 Å². The smallest absolute Gasteiger partial charge is 0.309 e. The molecule has 2 heterocycles. The lowest BCUT2D eigenvalue weighted by atomic mass is 9.84. The molecule has 0 aromatic rings. The maximum absolute atomic E-state index is 12.2. The molecule has 0 aromatic carbocycles. The monoisotopic (exact) mass is 303 g/mol. The summed E-state index contributed by atoms with van der Waals surface area (Å²) in [7, 11) is -2.85. The van der Waals surface area contributed by atoms with Crippen LogP contribution in [0.1, 0.15) is 51.9 Å². The Kier molecular flexibility index (Phi) is 6.54. The van der Waals surface area contributed by atoms with Gasteiger partial charge in [0, 0.05) is 12.7 Å². The Bertz CT molecular complexity index is 335. The van der Waals surface area contributed by atoms with Gasteiger partial charge in [-0.2, -0.15) is 0 Å². The van der Waals surface area contributed by atoms with E-state index in [0.717, 1.165) is 12.8 Å². The third-order valence-electron chi connectivity index (χ3n) is 4.58. The van der Waals surface area contributed by atoms with Crippen molar-refractivity contribution in [2.75, 3.05) is 33.0 Å². The van der Waals surface area contributed by atoms with Gasteiger partial charge in [0.15, 0.2) is 0 Å². The Morgan fingerprint density at radius 2 is 1.95 bits per heavy atom. The molecule has 0 aliphatic carbocycles. The lowest BCUT2D eigenvalue weighted by molar-refractivity contribution is 0.0329. The summed E-state index contributed by atoms with van der Waals surface area (Å²) in [5, 5.41) is 0. The van der Waals surface area contributed by atoms with Crippen LogP contribution >= 0.6 is 7.60 Å². The summed E-state index contributed by atoms with van der Waals surface area (Å²) in [5.41, 5.74) is 0. The van der Waals surface area contributed by atoms with Crippen LogP contribution in [0.5, 0.6) is 0 Å². The summed E-state index contributed by atoms with van der Waals surface area (Å²) in [5.74, 6) is 0.534. The van der Waals surface area contributed by atoms with Crippen molar-refractivity contribution in [1.82, 2.24) is 4.90 Å². The zero-order chi connectivity index (χ0) is 14.4. The van der Waals surface area contributed by atoms with E-state index >= 15 is 0 Å². The zero-order valence-electron chi connectivity index (χ0n) is 13.1. The van der Waals surface area contributed by atoms with Gasteiger partial charge in [0.05, 0.1) is 13.2 Å². The van der Waals surface area contributed by atoms with Crippen LogP contribution in [0, 0.1) is 5.92 Å². The number of hydrogen-bond acceptors (Lipinski definition) is 4. The lowest BCUT2D eigenvalue weighted by Crippen LogP contribution is -2.49. The van der Waals surface area contributed by atoms with Crippen LogP contribution in [0.3, 0.4) is 0 Å². The van der Waals surface area contributed by atoms with E-state index in [4.69, 9.17) is 9.05 Å². The molecule has 0 amide bonds. The average Bonchev–Trinajstić information content (AvgIpc) is 2.45. The van der Waals surface area contributed by atoms with Crippen LogP contribution in [-0.4, -0.2) is 43.9 Å². The average molecular weight is 303 g/mol. The molecule has 2 fully saturated rings.